The van der Waals surface area contributed by atoms with Crippen molar-refractivity contribution in [1.82, 2.24) is 0 Å². The average molecular weight is 971 g/mol. The molecule has 6 atom stereocenters. The van der Waals surface area contributed by atoms with E-state index in [0.29, 0.717) is 13.0 Å². The van der Waals surface area contributed by atoms with Gasteiger partial charge in [-0.2, -0.15) is 0 Å². The van der Waals surface area contributed by atoms with Gasteiger partial charge in [-0.1, -0.05) is 160 Å². The molecule has 6 N–H and O–H groups in total. The maximum absolute atomic E-state index is 12.8. The minimum absolute atomic E-state index is 0.128. The summed E-state index contributed by atoms with van der Waals surface area (Å²) in [5.41, 5.74) is 0. The Morgan fingerprint density at radius 3 is 1.24 bits per heavy atom. The molecule has 1 aliphatic rings. The van der Waals surface area contributed by atoms with Crippen LogP contribution >= 0.6 is 7.82 Å². The van der Waals surface area contributed by atoms with Gasteiger partial charge in [0.15, 0.2) is 0 Å². The molecular weight excluding hydrogens is 884 g/mol. The lowest BCUT2D eigenvalue weighted by molar-refractivity contribution is -0.220. The van der Waals surface area contributed by atoms with Crippen LogP contribution in [0, 0.1) is 0 Å². The van der Waals surface area contributed by atoms with Gasteiger partial charge in [0.2, 0.25) is 0 Å². The van der Waals surface area contributed by atoms with Crippen molar-refractivity contribution in [2.45, 2.75) is 185 Å². The molecule has 1 fully saturated rings. The Balaban J connectivity index is 2.43. The summed E-state index contributed by atoms with van der Waals surface area (Å²) < 4.78 is 34.2. The zero-order valence-corrected chi connectivity index (χ0v) is 42.0. The molecule has 13 heteroatoms. The number of ether oxygens (including phenoxy) is 2. The Labute approximate surface area is 409 Å². The summed E-state index contributed by atoms with van der Waals surface area (Å²) in [4.78, 5) is 23.2. The molecule has 0 amide bonds. The van der Waals surface area contributed by atoms with Crippen LogP contribution < -0.4 is 0 Å². The molecule has 0 aromatic rings. The number of unbranched alkanes of at least 4 members (excludes halogenated alkanes) is 6. The zero-order valence-electron chi connectivity index (χ0n) is 41.1. The molecule has 1 aliphatic carbocycles. The van der Waals surface area contributed by atoms with E-state index < -0.39 is 63.1 Å². The third-order valence-electron chi connectivity index (χ3n) is 10.5. The van der Waals surface area contributed by atoms with Gasteiger partial charge < -0.3 is 39.9 Å². The first-order valence-electron chi connectivity index (χ1n) is 25.0. The van der Waals surface area contributed by atoms with E-state index in [1.165, 1.54) is 0 Å². The Morgan fingerprint density at radius 1 is 0.471 bits per heavy atom. The molecule has 0 saturated heterocycles. The van der Waals surface area contributed by atoms with Gasteiger partial charge in [0.05, 0.1) is 13.2 Å². The lowest BCUT2D eigenvalue weighted by Gasteiger charge is -2.41. The lowest BCUT2D eigenvalue weighted by Crippen LogP contribution is -2.64. The summed E-state index contributed by atoms with van der Waals surface area (Å²) >= 11 is 0. The SMILES string of the molecule is CC/C=C\C/C=C\C/C=C\C/C=C\C/C=C\C/C=C\C/C=C\CCCCOCC(COP(=O)(O)OC1C(O)C(O)C(O)C(O)C1O)OC(=O)CCCCCC/C=C\C/C=C\C/C=C\C/C=C\CC. The molecule has 1 rings (SSSR count). The fraction of sp³-hybridized carbons (Fsp3) is 0.582. The molecule has 0 heterocycles. The van der Waals surface area contributed by atoms with Crippen molar-refractivity contribution >= 4 is 13.8 Å². The summed E-state index contributed by atoms with van der Waals surface area (Å²) in [6, 6.07) is 0. The number of aliphatic hydroxyl groups excluding tert-OH is 5. The van der Waals surface area contributed by atoms with E-state index in [1.54, 1.807) is 0 Å². The first-order chi connectivity index (χ1) is 33.0. The summed E-state index contributed by atoms with van der Waals surface area (Å²) in [7, 11) is -5.05. The fourth-order valence-electron chi connectivity index (χ4n) is 6.62. The number of phosphoric ester groups is 1. The number of carbonyl (C=O) groups is 1. The van der Waals surface area contributed by atoms with Crippen LogP contribution in [0.2, 0.25) is 0 Å². The Morgan fingerprint density at radius 2 is 0.824 bits per heavy atom. The second-order valence-corrected chi connectivity index (χ2v) is 18.0. The number of aliphatic hydroxyl groups is 5. The summed E-state index contributed by atoms with van der Waals surface area (Å²) in [6.07, 6.45) is 52.3. The van der Waals surface area contributed by atoms with Gasteiger partial charge in [-0.05, 0) is 109 Å². The molecule has 0 spiro atoms. The third kappa shape index (κ3) is 34.7. The van der Waals surface area contributed by atoms with E-state index in [2.05, 4.69) is 148 Å². The molecule has 0 aromatic heterocycles. The molecule has 0 aromatic carbocycles. The lowest BCUT2D eigenvalue weighted by atomic mass is 9.85. The first-order valence-corrected chi connectivity index (χ1v) is 26.5. The van der Waals surface area contributed by atoms with Gasteiger partial charge in [0, 0.05) is 13.0 Å². The fourth-order valence-corrected chi connectivity index (χ4v) is 7.59. The first kappa shape index (κ1) is 62.5. The monoisotopic (exact) mass is 971 g/mol. The highest BCUT2D eigenvalue weighted by atomic mass is 31.2. The number of hydrogen-bond donors (Lipinski definition) is 6. The predicted octanol–water partition coefficient (Wildman–Crippen LogP) is 11.2. The normalized spacial score (nSPS) is 22.3. The highest BCUT2D eigenvalue weighted by molar-refractivity contribution is 7.47. The molecule has 384 valence electrons. The van der Waals surface area contributed by atoms with Gasteiger partial charge in [0.25, 0.3) is 0 Å². The van der Waals surface area contributed by atoms with Crippen molar-refractivity contribution in [3.63, 3.8) is 0 Å². The van der Waals surface area contributed by atoms with Crippen LogP contribution in [0.5, 0.6) is 0 Å². The molecule has 68 heavy (non-hydrogen) atoms. The smallest absolute Gasteiger partial charge is 0.457 e. The van der Waals surface area contributed by atoms with Crippen LogP contribution in [0.3, 0.4) is 0 Å². The highest BCUT2D eigenvalue weighted by Crippen LogP contribution is 2.47. The molecule has 0 aliphatic heterocycles. The Hall–Kier alpha value is -3.52. The van der Waals surface area contributed by atoms with Crippen molar-refractivity contribution in [2.24, 2.45) is 0 Å². The number of hydrogen-bond acceptors (Lipinski definition) is 11. The third-order valence-corrected chi connectivity index (χ3v) is 11.5. The van der Waals surface area contributed by atoms with Gasteiger partial charge >= 0.3 is 13.8 Å². The quantitative estimate of drug-likeness (QED) is 0.0148. The molecular formula is C55H87O12P. The van der Waals surface area contributed by atoms with Crippen molar-refractivity contribution in [2.75, 3.05) is 19.8 Å². The topological polar surface area (TPSA) is 192 Å². The maximum Gasteiger partial charge on any atom is 0.472 e. The van der Waals surface area contributed by atoms with Crippen LogP contribution in [-0.4, -0.2) is 98.9 Å². The van der Waals surface area contributed by atoms with Crippen LogP contribution in [0.25, 0.3) is 0 Å². The minimum Gasteiger partial charge on any atom is -0.457 e. The highest BCUT2D eigenvalue weighted by Gasteiger charge is 2.51. The van der Waals surface area contributed by atoms with Crippen LogP contribution in [0.1, 0.15) is 142 Å². The van der Waals surface area contributed by atoms with Crippen LogP contribution in [0.15, 0.2) is 134 Å². The Kier molecular flexibility index (Phi) is 40.0. The van der Waals surface area contributed by atoms with Gasteiger partial charge in [-0.25, -0.2) is 4.57 Å². The summed E-state index contributed by atoms with van der Waals surface area (Å²) in [5.74, 6) is -0.523. The Bertz CT molecular complexity index is 1620. The van der Waals surface area contributed by atoms with Crippen LogP contribution in [-0.2, 0) is 27.9 Å². The number of esters is 1. The van der Waals surface area contributed by atoms with E-state index in [1.807, 2.05) is 0 Å². The number of allylic oxidation sites excluding steroid dienone is 22. The minimum atomic E-state index is -5.05. The predicted molar refractivity (Wildman–Crippen MR) is 276 cm³/mol. The van der Waals surface area contributed by atoms with Crippen molar-refractivity contribution in [3.05, 3.63) is 134 Å². The number of phosphoric acid groups is 1. The molecule has 12 nitrogen and oxygen atoms in total. The van der Waals surface area contributed by atoms with Gasteiger partial charge in [-0.15, -0.1) is 0 Å². The molecule has 0 radical (unpaired) electrons. The second kappa shape index (κ2) is 43.5. The molecule has 1 saturated carbocycles. The van der Waals surface area contributed by atoms with E-state index >= 15 is 0 Å². The van der Waals surface area contributed by atoms with E-state index in [9.17, 15) is 39.8 Å². The van der Waals surface area contributed by atoms with Crippen molar-refractivity contribution in [1.29, 1.82) is 0 Å². The summed E-state index contributed by atoms with van der Waals surface area (Å²) in [6.45, 7) is 3.88. The summed E-state index contributed by atoms with van der Waals surface area (Å²) in [5, 5.41) is 50.3. The van der Waals surface area contributed by atoms with Crippen molar-refractivity contribution < 1.29 is 58.3 Å². The van der Waals surface area contributed by atoms with E-state index in [0.717, 1.165) is 116 Å². The van der Waals surface area contributed by atoms with Crippen LogP contribution in [0.4, 0.5) is 0 Å². The zero-order chi connectivity index (χ0) is 49.8. The average Bonchev–Trinajstić information content (AvgIpc) is 3.32. The molecule has 6 unspecified atom stereocenters. The molecule has 0 bridgehead atoms. The number of carbonyl (C=O) groups excluding carboxylic acids is 1. The van der Waals surface area contributed by atoms with E-state index in [-0.39, 0.29) is 13.0 Å². The van der Waals surface area contributed by atoms with Gasteiger partial charge in [-0.3, -0.25) is 13.8 Å². The number of rotatable bonds is 40. The standard InChI is InChI=1S/C55H87O12P/c1-3-5-7-9-11-13-15-17-19-21-22-23-24-25-26-27-29-31-33-35-37-39-41-43-45-64-46-48(47-65-68(62,63)67-55-53(60)51(58)50(57)52(59)54(55)61)66-49(56)44-42-40-38-36-34-32-30-28-20-18-16-14-12-10-8-6-4-2/h5-8,11-14,17-20,22-23,25-26,29-32,35,37,48,50-55,57-61H,3-4,9-10,15-16,21,24,27-28,33-34,36,38-47H2,1-2H3,(H,62,63)/b7-5-,8-6-,13-11-,14-12-,19-17-,20-18-,23-22-,26-25-,31-29-,32-30-,37-35-. The largest absolute Gasteiger partial charge is 0.472 e. The van der Waals surface area contributed by atoms with E-state index in [4.69, 9.17) is 18.5 Å². The van der Waals surface area contributed by atoms with Crippen molar-refractivity contribution in [3.8, 4) is 0 Å². The second-order valence-electron chi connectivity index (χ2n) is 16.5. The maximum atomic E-state index is 12.8. The van der Waals surface area contributed by atoms with Gasteiger partial charge in [0.1, 0.15) is 42.7 Å².